The lowest BCUT2D eigenvalue weighted by Crippen LogP contribution is -2.35. The summed E-state index contributed by atoms with van der Waals surface area (Å²) in [5.74, 6) is 0.408. The Morgan fingerprint density at radius 3 is 2.66 bits per heavy atom. The number of benzene rings is 3. The Kier molecular flexibility index (Phi) is 5.98. The van der Waals surface area contributed by atoms with Crippen LogP contribution in [0.3, 0.4) is 0 Å². The third-order valence-corrected chi connectivity index (χ3v) is 7.70. The quantitative estimate of drug-likeness (QED) is 0.330. The van der Waals surface area contributed by atoms with Crippen LogP contribution in [0.5, 0.6) is 0 Å². The number of aryl methyl sites for hydroxylation is 1. The first-order valence-electron chi connectivity index (χ1n) is 13.0. The van der Waals surface area contributed by atoms with Crippen molar-refractivity contribution in [3.05, 3.63) is 101 Å². The van der Waals surface area contributed by atoms with Gasteiger partial charge in [0, 0.05) is 31.1 Å². The summed E-state index contributed by atoms with van der Waals surface area (Å²) < 4.78 is 15.4. The van der Waals surface area contributed by atoms with E-state index in [-0.39, 0.29) is 23.7 Å². The number of carbonyl (C=O) groups is 1. The van der Waals surface area contributed by atoms with Gasteiger partial charge in [0.1, 0.15) is 11.6 Å². The Balaban J connectivity index is 1.28. The largest absolute Gasteiger partial charge is 0.397 e. The number of halogens is 1. The van der Waals surface area contributed by atoms with Gasteiger partial charge in [-0.15, -0.1) is 0 Å². The second-order valence-electron chi connectivity index (χ2n) is 10.1. The van der Waals surface area contributed by atoms with Gasteiger partial charge in [-0.05, 0) is 52.8 Å². The highest BCUT2D eigenvalue weighted by Crippen LogP contribution is 2.45. The summed E-state index contributed by atoms with van der Waals surface area (Å²) in [5.41, 5.74) is 13.7. The van der Waals surface area contributed by atoms with E-state index in [1.54, 1.807) is 25.5 Å². The van der Waals surface area contributed by atoms with Crippen molar-refractivity contribution in [2.45, 2.75) is 32.2 Å². The van der Waals surface area contributed by atoms with Crippen molar-refractivity contribution in [1.82, 2.24) is 15.3 Å². The minimum absolute atomic E-state index is 0.0555. The zero-order chi connectivity index (χ0) is 26.4. The fourth-order valence-corrected chi connectivity index (χ4v) is 5.64. The van der Waals surface area contributed by atoms with Crippen molar-refractivity contribution >= 4 is 17.3 Å². The summed E-state index contributed by atoms with van der Waals surface area (Å²) in [6.45, 7) is 2.00. The highest BCUT2D eigenvalue weighted by atomic mass is 19.1. The number of aromatic nitrogens is 2. The van der Waals surface area contributed by atoms with Gasteiger partial charge in [0.2, 0.25) is 5.91 Å². The summed E-state index contributed by atoms with van der Waals surface area (Å²) in [6.07, 6.45) is 5.81. The van der Waals surface area contributed by atoms with E-state index in [4.69, 9.17) is 5.73 Å². The van der Waals surface area contributed by atoms with Gasteiger partial charge < -0.3 is 20.9 Å². The average Bonchev–Trinajstić information content (AvgIpc) is 3.54. The molecular formula is C31H30FN5O. The van der Waals surface area contributed by atoms with Crippen LogP contribution < -0.4 is 16.0 Å². The van der Waals surface area contributed by atoms with Crippen molar-refractivity contribution in [3.8, 4) is 22.4 Å². The predicted octanol–water partition coefficient (Wildman–Crippen LogP) is 5.57. The maximum Gasteiger partial charge on any atom is 0.230 e. The van der Waals surface area contributed by atoms with Crippen LogP contribution in [0.4, 0.5) is 10.1 Å². The zero-order valence-corrected chi connectivity index (χ0v) is 21.5. The lowest BCUT2D eigenvalue weighted by atomic mass is 9.99. The van der Waals surface area contributed by atoms with Crippen LogP contribution >= 0.6 is 0 Å². The number of hydrogen-bond acceptors (Lipinski definition) is 4. The lowest BCUT2D eigenvalue weighted by Gasteiger charge is -2.26. The second-order valence-corrected chi connectivity index (χ2v) is 10.1. The van der Waals surface area contributed by atoms with Crippen LogP contribution in [0.2, 0.25) is 0 Å². The van der Waals surface area contributed by atoms with Crippen LogP contribution in [-0.2, 0) is 17.6 Å². The molecule has 4 N–H and O–H groups in total. The molecule has 7 heteroatoms. The van der Waals surface area contributed by atoms with Gasteiger partial charge in [-0.3, -0.25) is 4.79 Å². The van der Waals surface area contributed by atoms with Crippen LogP contribution in [0.1, 0.15) is 41.9 Å². The number of carbonyl (C=O) groups excluding carboxylic acids is 1. The second kappa shape index (κ2) is 9.49. The normalized spacial score (nSPS) is 18.9. The molecule has 2 atom stereocenters. The van der Waals surface area contributed by atoms with Gasteiger partial charge in [-0.1, -0.05) is 55.5 Å². The van der Waals surface area contributed by atoms with Crippen molar-refractivity contribution in [2.75, 3.05) is 11.9 Å². The van der Waals surface area contributed by atoms with E-state index in [1.165, 1.54) is 11.6 Å². The molecule has 0 aliphatic carbocycles. The first kappa shape index (κ1) is 24.0. The molecule has 2 aliphatic heterocycles. The summed E-state index contributed by atoms with van der Waals surface area (Å²) in [6, 6.07) is 19.0. The number of hydrogen-bond donors (Lipinski definition) is 3. The SMILES string of the molecule is CN/C=C(\N)c1ccc(-c2ccc(-c3cnc([C@@H]4Cc5cccc6c5N4C(=O)[C@@H](C)CC6)[nH]3)c(F)c2)cc1. The van der Waals surface area contributed by atoms with E-state index >= 15 is 4.39 Å². The standard InChI is InChI=1S/C31H30FN5O/c1-18-6-7-21-4-3-5-23-15-28(37(29(21)23)31(18)38)30-35-17-27(36-30)24-13-12-22(14-25(24)32)19-8-10-20(11-9-19)26(33)16-34-2/h3-5,8-14,16-18,28,34H,6-7,15,33H2,1-2H3,(H,35,36)/b26-16-/t18-,28-/m0/s1. The fraction of sp³-hybridized carbons (Fsp3) is 0.226. The maximum atomic E-state index is 15.4. The molecule has 1 aromatic heterocycles. The molecule has 0 saturated carbocycles. The Labute approximate surface area is 221 Å². The number of rotatable bonds is 5. The van der Waals surface area contributed by atoms with E-state index in [0.717, 1.165) is 40.8 Å². The first-order chi connectivity index (χ1) is 18.4. The van der Waals surface area contributed by atoms with Gasteiger partial charge >= 0.3 is 0 Å². The van der Waals surface area contributed by atoms with Crippen LogP contribution in [0.15, 0.2) is 73.1 Å². The Bertz CT molecular complexity index is 1550. The third kappa shape index (κ3) is 4.04. The Hall–Kier alpha value is -4.39. The minimum Gasteiger partial charge on any atom is -0.397 e. The van der Waals surface area contributed by atoms with E-state index < -0.39 is 0 Å². The molecule has 0 spiro atoms. The molecule has 192 valence electrons. The first-order valence-corrected chi connectivity index (χ1v) is 13.0. The number of para-hydroxylation sites is 1. The molecule has 2 aliphatic rings. The smallest absolute Gasteiger partial charge is 0.230 e. The van der Waals surface area contributed by atoms with E-state index in [1.807, 2.05) is 42.2 Å². The predicted molar refractivity (Wildman–Crippen MR) is 148 cm³/mol. The highest BCUT2D eigenvalue weighted by molar-refractivity contribution is 5.99. The van der Waals surface area contributed by atoms with E-state index in [0.29, 0.717) is 29.2 Å². The summed E-state index contributed by atoms with van der Waals surface area (Å²) in [5, 5.41) is 2.92. The number of amides is 1. The molecular weight excluding hydrogens is 477 g/mol. The summed E-state index contributed by atoms with van der Waals surface area (Å²) >= 11 is 0. The van der Waals surface area contributed by atoms with Gasteiger partial charge in [0.15, 0.2) is 0 Å². The number of aromatic amines is 1. The Morgan fingerprint density at radius 2 is 1.89 bits per heavy atom. The number of nitrogens with zero attached hydrogens (tertiary/aromatic N) is 2. The van der Waals surface area contributed by atoms with Gasteiger partial charge in [-0.2, -0.15) is 0 Å². The van der Waals surface area contributed by atoms with E-state index in [9.17, 15) is 4.79 Å². The van der Waals surface area contributed by atoms with Crippen molar-refractivity contribution in [3.63, 3.8) is 0 Å². The lowest BCUT2D eigenvalue weighted by molar-refractivity contribution is -0.122. The zero-order valence-electron chi connectivity index (χ0n) is 21.5. The minimum atomic E-state index is -0.340. The monoisotopic (exact) mass is 507 g/mol. The highest BCUT2D eigenvalue weighted by Gasteiger charge is 2.41. The van der Waals surface area contributed by atoms with Crippen molar-refractivity contribution in [2.24, 2.45) is 11.7 Å². The summed E-state index contributed by atoms with van der Waals surface area (Å²) in [4.78, 5) is 23.2. The van der Waals surface area contributed by atoms with Crippen LogP contribution in [0.25, 0.3) is 28.1 Å². The number of nitrogens with one attached hydrogen (secondary N) is 2. The van der Waals surface area contributed by atoms with Crippen molar-refractivity contribution < 1.29 is 9.18 Å². The molecule has 0 saturated heterocycles. The van der Waals surface area contributed by atoms with Crippen molar-refractivity contribution in [1.29, 1.82) is 0 Å². The Morgan fingerprint density at radius 1 is 1.13 bits per heavy atom. The topological polar surface area (TPSA) is 87.0 Å². The molecule has 0 unspecified atom stereocenters. The number of H-pyrrole nitrogens is 1. The fourth-order valence-electron chi connectivity index (χ4n) is 5.64. The molecule has 0 fully saturated rings. The van der Waals surface area contributed by atoms with Gasteiger partial charge in [0.05, 0.1) is 29.3 Å². The van der Waals surface area contributed by atoms with Crippen LogP contribution in [0, 0.1) is 11.7 Å². The molecule has 0 bridgehead atoms. The number of nitrogens with two attached hydrogens (primary N) is 1. The molecule has 6 rings (SSSR count). The third-order valence-electron chi connectivity index (χ3n) is 7.70. The van der Waals surface area contributed by atoms with Gasteiger partial charge in [-0.25, -0.2) is 9.37 Å². The maximum absolute atomic E-state index is 15.4. The molecule has 6 nitrogen and oxygen atoms in total. The molecule has 38 heavy (non-hydrogen) atoms. The molecule has 3 heterocycles. The number of imidazole rings is 1. The molecule has 0 radical (unpaired) electrons. The van der Waals surface area contributed by atoms with E-state index in [2.05, 4.69) is 33.5 Å². The van der Waals surface area contributed by atoms with Gasteiger partial charge in [0.25, 0.3) is 0 Å². The number of anilines is 1. The molecule has 3 aromatic carbocycles. The average molecular weight is 508 g/mol. The van der Waals surface area contributed by atoms with Crippen LogP contribution in [-0.4, -0.2) is 22.9 Å². The molecule has 1 amide bonds. The molecule has 4 aromatic rings. The summed E-state index contributed by atoms with van der Waals surface area (Å²) in [7, 11) is 1.80.